The number of nitrogens with one attached hydrogen (secondary N) is 1. The second-order valence-corrected chi connectivity index (χ2v) is 7.70. The first-order valence-electron chi connectivity index (χ1n) is 10.3. The van der Waals surface area contributed by atoms with E-state index in [0.717, 1.165) is 35.6 Å². The van der Waals surface area contributed by atoms with Gasteiger partial charge in [-0.05, 0) is 48.6 Å². The van der Waals surface area contributed by atoms with Gasteiger partial charge in [-0.2, -0.15) is 0 Å². The van der Waals surface area contributed by atoms with Gasteiger partial charge in [-0.15, -0.1) is 0 Å². The molecule has 0 aromatic heterocycles. The van der Waals surface area contributed by atoms with Crippen molar-refractivity contribution in [3.8, 4) is 0 Å². The Morgan fingerprint density at radius 3 is 2.52 bits per heavy atom. The summed E-state index contributed by atoms with van der Waals surface area (Å²) in [5.74, 6) is -0.155. The third kappa shape index (κ3) is 4.19. The Balaban J connectivity index is 1.54. The minimum atomic E-state index is -0.296. The number of hydrogen-bond donors (Lipinski definition) is 1. The van der Waals surface area contributed by atoms with Crippen LogP contribution in [0, 0.1) is 0 Å². The molecule has 1 N–H and O–H groups in total. The molecule has 4 rings (SSSR count). The number of rotatable bonds is 4. The van der Waals surface area contributed by atoms with Crippen LogP contribution in [0.15, 0.2) is 54.7 Å². The molecule has 2 aromatic carbocycles. The SMILES string of the molecule is CC(=O)N1C=Cc2ccccc2[C@@H]1CC(=O)Nc1ccccc1N1CCCCC1. The van der Waals surface area contributed by atoms with Crippen LogP contribution in [-0.4, -0.2) is 29.8 Å². The van der Waals surface area contributed by atoms with Crippen LogP contribution >= 0.6 is 0 Å². The van der Waals surface area contributed by atoms with Gasteiger partial charge in [0.2, 0.25) is 11.8 Å². The Bertz CT molecular complexity index is 931. The Labute approximate surface area is 172 Å². The fourth-order valence-electron chi connectivity index (χ4n) is 4.28. The third-order valence-electron chi connectivity index (χ3n) is 5.72. The quantitative estimate of drug-likeness (QED) is 0.833. The summed E-state index contributed by atoms with van der Waals surface area (Å²) >= 11 is 0. The van der Waals surface area contributed by atoms with Crippen LogP contribution in [0.1, 0.15) is 49.8 Å². The van der Waals surface area contributed by atoms with E-state index < -0.39 is 0 Å². The molecule has 0 unspecified atom stereocenters. The summed E-state index contributed by atoms with van der Waals surface area (Å²) in [6.45, 7) is 3.58. The van der Waals surface area contributed by atoms with Gasteiger partial charge in [0.1, 0.15) is 0 Å². The Kier molecular flexibility index (Phi) is 5.65. The largest absolute Gasteiger partial charge is 0.370 e. The summed E-state index contributed by atoms with van der Waals surface area (Å²) in [5, 5.41) is 3.10. The van der Waals surface area contributed by atoms with Crippen molar-refractivity contribution < 1.29 is 9.59 Å². The minimum absolute atomic E-state index is 0.0673. The van der Waals surface area contributed by atoms with Crippen LogP contribution in [0.3, 0.4) is 0 Å². The molecule has 1 atom stereocenters. The smallest absolute Gasteiger partial charge is 0.226 e. The average Bonchev–Trinajstić information content (AvgIpc) is 2.75. The van der Waals surface area contributed by atoms with E-state index in [0.29, 0.717) is 0 Å². The van der Waals surface area contributed by atoms with Gasteiger partial charge in [0.15, 0.2) is 0 Å². The summed E-state index contributed by atoms with van der Waals surface area (Å²) in [5.41, 5.74) is 3.97. The average molecular weight is 389 g/mol. The summed E-state index contributed by atoms with van der Waals surface area (Å²) in [6, 6.07) is 15.6. The fourth-order valence-corrected chi connectivity index (χ4v) is 4.28. The minimum Gasteiger partial charge on any atom is -0.370 e. The lowest BCUT2D eigenvalue weighted by molar-refractivity contribution is -0.129. The summed E-state index contributed by atoms with van der Waals surface area (Å²) < 4.78 is 0. The molecule has 2 amide bonds. The van der Waals surface area contributed by atoms with Crippen molar-refractivity contribution >= 4 is 29.3 Å². The van der Waals surface area contributed by atoms with Gasteiger partial charge in [0, 0.05) is 26.2 Å². The van der Waals surface area contributed by atoms with Gasteiger partial charge in [0.25, 0.3) is 0 Å². The van der Waals surface area contributed by atoms with Crippen LogP contribution in [0.5, 0.6) is 0 Å². The Morgan fingerprint density at radius 2 is 1.72 bits per heavy atom. The van der Waals surface area contributed by atoms with Crippen molar-refractivity contribution in [1.82, 2.24) is 4.90 Å². The van der Waals surface area contributed by atoms with Gasteiger partial charge in [-0.1, -0.05) is 36.4 Å². The monoisotopic (exact) mass is 389 g/mol. The molecule has 150 valence electrons. The standard InChI is InChI=1S/C24H27N3O2/c1-18(28)27-16-13-19-9-3-4-10-20(19)23(27)17-24(29)25-21-11-5-6-12-22(21)26-14-7-2-8-15-26/h3-6,9-13,16,23H,2,7-8,14-15,17H2,1H3,(H,25,29)/t23-/m0/s1. The number of hydrogen-bond acceptors (Lipinski definition) is 3. The van der Waals surface area contributed by atoms with E-state index in [9.17, 15) is 9.59 Å². The topological polar surface area (TPSA) is 52.7 Å². The molecule has 29 heavy (non-hydrogen) atoms. The molecule has 2 aliphatic rings. The predicted octanol–water partition coefficient (Wildman–Crippen LogP) is 4.58. The molecule has 5 nitrogen and oxygen atoms in total. The highest BCUT2D eigenvalue weighted by molar-refractivity contribution is 5.95. The number of carbonyl (C=O) groups is 2. The van der Waals surface area contributed by atoms with Crippen LogP contribution in [-0.2, 0) is 9.59 Å². The maximum atomic E-state index is 13.0. The molecule has 2 heterocycles. The second-order valence-electron chi connectivity index (χ2n) is 7.70. The lowest BCUT2D eigenvalue weighted by atomic mass is 9.93. The number of para-hydroxylation sites is 2. The number of piperidine rings is 1. The van der Waals surface area contributed by atoms with E-state index in [1.165, 1.54) is 26.2 Å². The number of amides is 2. The molecular weight excluding hydrogens is 362 g/mol. The van der Waals surface area contributed by atoms with Crippen LogP contribution in [0.4, 0.5) is 11.4 Å². The van der Waals surface area contributed by atoms with Crippen molar-refractivity contribution in [1.29, 1.82) is 0 Å². The zero-order valence-electron chi connectivity index (χ0n) is 16.8. The Hall–Kier alpha value is -3.08. The molecule has 0 aliphatic carbocycles. The molecule has 1 saturated heterocycles. The fraction of sp³-hybridized carbons (Fsp3) is 0.333. The van der Waals surface area contributed by atoms with Crippen molar-refractivity contribution in [2.75, 3.05) is 23.3 Å². The molecule has 0 bridgehead atoms. The van der Waals surface area contributed by atoms with Crippen LogP contribution < -0.4 is 10.2 Å². The van der Waals surface area contributed by atoms with E-state index in [1.54, 1.807) is 11.1 Å². The lowest BCUT2D eigenvalue weighted by Gasteiger charge is -2.33. The number of anilines is 2. The van der Waals surface area contributed by atoms with E-state index >= 15 is 0 Å². The van der Waals surface area contributed by atoms with Crippen molar-refractivity contribution in [2.45, 2.75) is 38.6 Å². The predicted molar refractivity (Wildman–Crippen MR) is 116 cm³/mol. The number of nitrogens with zero attached hydrogens (tertiary/aromatic N) is 2. The van der Waals surface area contributed by atoms with Gasteiger partial charge >= 0.3 is 0 Å². The molecular formula is C24H27N3O2. The van der Waals surface area contributed by atoms with E-state index in [4.69, 9.17) is 0 Å². The second kappa shape index (κ2) is 8.52. The first-order valence-corrected chi connectivity index (χ1v) is 10.3. The number of benzene rings is 2. The summed E-state index contributed by atoms with van der Waals surface area (Å²) in [7, 11) is 0. The Morgan fingerprint density at radius 1 is 1.00 bits per heavy atom. The molecule has 2 aliphatic heterocycles. The van der Waals surface area contributed by atoms with Crippen LogP contribution in [0.2, 0.25) is 0 Å². The highest BCUT2D eigenvalue weighted by atomic mass is 16.2. The maximum absolute atomic E-state index is 13.0. The van der Waals surface area contributed by atoms with Gasteiger partial charge in [-0.25, -0.2) is 0 Å². The zero-order valence-corrected chi connectivity index (χ0v) is 16.8. The molecule has 0 saturated carbocycles. The van der Waals surface area contributed by atoms with Gasteiger partial charge in [0.05, 0.1) is 23.8 Å². The summed E-state index contributed by atoms with van der Waals surface area (Å²) in [4.78, 5) is 29.2. The highest BCUT2D eigenvalue weighted by Crippen LogP contribution is 2.34. The lowest BCUT2D eigenvalue weighted by Crippen LogP contribution is -2.34. The third-order valence-corrected chi connectivity index (χ3v) is 5.72. The van der Waals surface area contributed by atoms with E-state index in [-0.39, 0.29) is 24.3 Å². The van der Waals surface area contributed by atoms with E-state index in [2.05, 4.69) is 16.3 Å². The maximum Gasteiger partial charge on any atom is 0.226 e. The first kappa shape index (κ1) is 19.2. The number of carbonyl (C=O) groups excluding carboxylic acids is 2. The van der Waals surface area contributed by atoms with Crippen LogP contribution in [0.25, 0.3) is 6.08 Å². The number of fused-ring (bicyclic) bond motifs is 1. The first-order chi connectivity index (χ1) is 14.1. The van der Waals surface area contributed by atoms with E-state index in [1.807, 2.05) is 48.5 Å². The molecule has 1 fully saturated rings. The van der Waals surface area contributed by atoms with Crippen molar-refractivity contribution in [3.63, 3.8) is 0 Å². The molecule has 5 heteroatoms. The summed E-state index contributed by atoms with van der Waals surface area (Å²) in [6.07, 6.45) is 7.55. The van der Waals surface area contributed by atoms with Gasteiger partial charge in [-0.3, -0.25) is 9.59 Å². The normalized spacial score (nSPS) is 18.3. The zero-order chi connectivity index (χ0) is 20.2. The molecule has 0 spiro atoms. The molecule has 0 radical (unpaired) electrons. The van der Waals surface area contributed by atoms with Crippen molar-refractivity contribution in [3.05, 3.63) is 65.9 Å². The van der Waals surface area contributed by atoms with Crippen molar-refractivity contribution in [2.24, 2.45) is 0 Å². The molecule has 2 aromatic rings. The highest BCUT2D eigenvalue weighted by Gasteiger charge is 2.28. The van der Waals surface area contributed by atoms with Gasteiger partial charge < -0.3 is 15.1 Å².